The monoisotopic (exact) mass is 262 g/mol. The third-order valence-corrected chi connectivity index (χ3v) is 3.15. The summed E-state index contributed by atoms with van der Waals surface area (Å²) < 4.78 is 0. The molecule has 0 radical (unpaired) electrons. The van der Waals surface area contributed by atoms with E-state index in [1.807, 2.05) is 18.2 Å². The molecule has 3 aromatic rings. The standard InChI is InChI=1S/C16H14N4/c17-16(18)20-19-10-11-5-6-13-8-7-12-3-1-2-4-14(12)15(13)9-11/h1-10H,(H4,17,18,20). The lowest BCUT2D eigenvalue weighted by molar-refractivity contribution is 1.22. The Morgan fingerprint density at radius 1 is 0.850 bits per heavy atom. The van der Waals surface area contributed by atoms with Crippen LogP contribution in [-0.4, -0.2) is 12.2 Å². The lowest BCUT2D eigenvalue weighted by Gasteiger charge is -2.04. The van der Waals surface area contributed by atoms with Crippen LogP contribution in [0.25, 0.3) is 21.5 Å². The highest BCUT2D eigenvalue weighted by molar-refractivity contribution is 6.08. The third-order valence-electron chi connectivity index (χ3n) is 3.15. The predicted molar refractivity (Wildman–Crippen MR) is 84.9 cm³/mol. The first kappa shape index (κ1) is 12.2. The van der Waals surface area contributed by atoms with E-state index in [0.29, 0.717) is 0 Å². The maximum absolute atomic E-state index is 5.24. The zero-order chi connectivity index (χ0) is 13.9. The Morgan fingerprint density at radius 2 is 1.55 bits per heavy atom. The van der Waals surface area contributed by atoms with Crippen LogP contribution in [0.5, 0.6) is 0 Å². The molecule has 98 valence electrons. The summed E-state index contributed by atoms with van der Waals surface area (Å²) in [4.78, 5) is 0. The van der Waals surface area contributed by atoms with Gasteiger partial charge in [-0.2, -0.15) is 5.10 Å². The lowest BCUT2D eigenvalue weighted by atomic mass is 10.0. The van der Waals surface area contributed by atoms with Crippen molar-refractivity contribution in [3.8, 4) is 0 Å². The third kappa shape index (κ3) is 2.31. The number of nitrogens with zero attached hydrogens (tertiary/aromatic N) is 2. The van der Waals surface area contributed by atoms with Gasteiger partial charge in [-0.3, -0.25) is 0 Å². The molecular weight excluding hydrogens is 248 g/mol. The highest BCUT2D eigenvalue weighted by Gasteiger charge is 2.00. The van der Waals surface area contributed by atoms with E-state index in [2.05, 4.69) is 46.6 Å². The molecule has 0 atom stereocenters. The van der Waals surface area contributed by atoms with Crippen molar-refractivity contribution in [3.63, 3.8) is 0 Å². The topological polar surface area (TPSA) is 76.8 Å². The highest BCUT2D eigenvalue weighted by Crippen LogP contribution is 2.25. The number of fused-ring (bicyclic) bond motifs is 3. The Labute approximate surface area is 116 Å². The van der Waals surface area contributed by atoms with Crippen molar-refractivity contribution < 1.29 is 0 Å². The van der Waals surface area contributed by atoms with Crippen molar-refractivity contribution in [3.05, 3.63) is 60.2 Å². The summed E-state index contributed by atoms with van der Waals surface area (Å²) in [5, 5.41) is 12.3. The largest absolute Gasteiger partial charge is 0.369 e. The normalized spacial score (nSPS) is 11.2. The summed E-state index contributed by atoms with van der Waals surface area (Å²) in [7, 11) is 0. The van der Waals surface area contributed by atoms with Crippen LogP contribution < -0.4 is 11.5 Å². The number of benzene rings is 3. The summed E-state index contributed by atoms with van der Waals surface area (Å²) in [5.74, 6) is -0.0486. The summed E-state index contributed by atoms with van der Waals surface area (Å²) in [6.45, 7) is 0. The van der Waals surface area contributed by atoms with Crippen LogP contribution in [0.1, 0.15) is 5.56 Å². The second kappa shape index (κ2) is 5.01. The van der Waals surface area contributed by atoms with Gasteiger partial charge < -0.3 is 11.5 Å². The van der Waals surface area contributed by atoms with E-state index in [9.17, 15) is 0 Å². The summed E-state index contributed by atoms with van der Waals surface area (Å²) >= 11 is 0. The molecule has 0 bridgehead atoms. The van der Waals surface area contributed by atoms with Gasteiger partial charge in [-0.05, 0) is 33.2 Å². The van der Waals surface area contributed by atoms with Crippen molar-refractivity contribution >= 4 is 33.7 Å². The number of hydrogen-bond acceptors (Lipinski definition) is 2. The average molecular weight is 262 g/mol. The lowest BCUT2D eigenvalue weighted by Crippen LogP contribution is -2.21. The molecule has 0 saturated carbocycles. The van der Waals surface area contributed by atoms with Crippen molar-refractivity contribution in [1.82, 2.24) is 0 Å². The van der Waals surface area contributed by atoms with Crippen LogP contribution in [0.4, 0.5) is 0 Å². The van der Waals surface area contributed by atoms with E-state index in [4.69, 9.17) is 11.5 Å². The Balaban J connectivity index is 2.16. The molecule has 4 N–H and O–H groups in total. The maximum atomic E-state index is 5.24. The van der Waals surface area contributed by atoms with Crippen LogP contribution in [0.15, 0.2) is 64.8 Å². The van der Waals surface area contributed by atoms with Gasteiger partial charge in [-0.1, -0.05) is 48.5 Å². The molecule has 0 aliphatic rings. The minimum atomic E-state index is -0.0486. The zero-order valence-corrected chi connectivity index (χ0v) is 10.8. The fourth-order valence-corrected chi connectivity index (χ4v) is 2.26. The first-order valence-corrected chi connectivity index (χ1v) is 6.27. The van der Waals surface area contributed by atoms with E-state index in [1.54, 1.807) is 6.21 Å². The fourth-order valence-electron chi connectivity index (χ4n) is 2.26. The van der Waals surface area contributed by atoms with E-state index in [1.165, 1.54) is 21.5 Å². The Morgan fingerprint density at radius 3 is 2.35 bits per heavy atom. The highest BCUT2D eigenvalue weighted by atomic mass is 15.3. The zero-order valence-electron chi connectivity index (χ0n) is 10.8. The van der Waals surface area contributed by atoms with Gasteiger partial charge in [-0.25, -0.2) is 0 Å². The average Bonchev–Trinajstić information content (AvgIpc) is 2.47. The first-order valence-electron chi connectivity index (χ1n) is 6.27. The molecule has 3 aromatic carbocycles. The molecule has 4 nitrogen and oxygen atoms in total. The predicted octanol–water partition coefficient (Wildman–Crippen LogP) is 2.60. The fraction of sp³-hybridized carbons (Fsp3) is 0. The van der Waals surface area contributed by atoms with Crippen LogP contribution in [-0.2, 0) is 0 Å². The maximum Gasteiger partial charge on any atom is 0.211 e. The molecule has 0 unspecified atom stereocenters. The van der Waals surface area contributed by atoms with E-state index < -0.39 is 0 Å². The summed E-state index contributed by atoms with van der Waals surface area (Å²) in [5.41, 5.74) is 11.4. The van der Waals surface area contributed by atoms with Crippen LogP contribution in [0.3, 0.4) is 0 Å². The van der Waals surface area contributed by atoms with Crippen molar-refractivity contribution in [2.75, 3.05) is 0 Å². The minimum absolute atomic E-state index is 0.0486. The second-order valence-electron chi connectivity index (χ2n) is 4.54. The van der Waals surface area contributed by atoms with Crippen LogP contribution in [0.2, 0.25) is 0 Å². The molecule has 0 saturated heterocycles. The van der Waals surface area contributed by atoms with Gasteiger partial charge >= 0.3 is 0 Å². The van der Waals surface area contributed by atoms with Gasteiger partial charge in [0, 0.05) is 0 Å². The van der Waals surface area contributed by atoms with Gasteiger partial charge in [0.05, 0.1) is 6.21 Å². The molecule has 0 fully saturated rings. The molecule has 0 spiro atoms. The smallest absolute Gasteiger partial charge is 0.211 e. The number of guanidine groups is 1. The summed E-state index contributed by atoms with van der Waals surface area (Å²) in [6.07, 6.45) is 1.64. The molecule has 3 rings (SSSR count). The van der Waals surface area contributed by atoms with Gasteiger partial charge in [0.1, 0.15) is 0 Å². The summed E-state index contributed by atoms with van der Waals surface area (Å²) in [6, 6.07) is 18.7. The van der Waals surface area contributed by atoms with Gasteiger partial charge in [0.15, 0.2) is 0 Å². The number of hydrogen-bond donors (Lipinski definition) is 2. The Bertz CT molecular complexity index is 830. The van der Waals surface area contributed by atoms with Gasteiger partial charge in [0.2, 0.25) is 5.96 Å². The van der Waals surface area contributed by atoms with Crippen molar-refractivity contribution in [2.45, 2.75) is 0 Å². The molecule has 0 amide bonds. The Kier molecular flexibility index (Phi) is 3.05. The van der Waals surface area contributed by atoms with E-state index >= 15 is 0 Å². The molecular formula is C16H14N4. The van der Waals surface area contributed by atoms with Crippen LogP contribution >= 0.6 is 0 Å². The van der Waals surface area contributed by atoms with Crippen LogP contribution in [0, 0.1) is 0 Å². The van der Waals surface area contributed by atoms with E-state index in [-0.39, 0.29) is 5.96 Å². The number of nitrogens with two attached hydrogens (primary N) is 2. The SMILES string of the molecule is NC(N)=NN=Cc1ccc2ccc3ccccc3c2c1. The van der Waals surface area contributed by atoms with Crippen molar-refractivity contribution in [1.29, 1.82) is 0 Å². The molecule has 0 aliphatic heterocycles. The number of rotatable bonds is 2. The second-order valence-corrected chi connectivity index (χ2v) is 4.54. The van der Waals surface area contributed by atoms with Gasteiger partial charge in [-0.15, -0.1) is 5.10 Å². The molecule has 0 aromatic heterocycles. The Hall–Kier alpha value is -2.88. The molecule has 0 aliphatic carbocycles. The van der Waals surface area contributed by atoms with E-state index in [0.717, 1.165) is 5.56 Å². The van der Waals surface area contributed by atoms with Crippen molar-refractivity contribution in [2.24, 2.45) is 21.7 Å². The quantitative estimate of drug-likeness (QED) is 0.322. The molecule has 20 heavy (non-hydrogen) atoms. The minimum Gasteiger partial charge on any atom is -0.369 e. The molecule has 4 heteroatoms. The first-order chi connectivity index (χ1) is 9.74. The molecule has 0 heterocycles. The van der Waals surface area contributed by atoms with Gasteiger partial charge in [0.25, 0.3) is 0 Å².